The second-order valence-electron chi connectivity index (χ2n) is 7.56. The van der Waals surface area contributed by atoms with Crippen molar-refractivity contribution in [3.63, 3.8) is 0 Å². The van der Waals surface area contributed by atoms with E-state index in [1.807, 2.05) is 66.7 Å². The summed E-state index contributed by atoms with van der Waals surface area (Å²) < 4.78 is 5.33. The molecule has 1 amide bonds. The van der Waals surface area contributed by atoms with Crippen molar-refractivity contribution in [2.75, 3.05) is 13.2 Å². The lowest BCUT2D eigenvalue weighted by molar-refractivity contribution is -0.136. The maximum absolute atomic E-state index is 13.5. The Morgan fingerprint density at radius 3 is 2.55 bits per heavy atom. The molecule has 0 saturated carbocycles. The average Bonchev–Trinajstić information content (AvgIpc) is 3.06. The third-order valence-corrected chi connectivity index (χ3v) is 5.75. The fourth-order valence-corrected chi connectivity index (χ4v) is 4.30. The van der Waals surface area contributed by atoms with E-state index < -0.39 is 5.97 Å². The summed E-state index contributed by atoms with van der Waals surface area (Å²) in [5, 5.41) is 2.97. The molecule has 5 rings (SSSR count). The number of benzene rings is 3. The van der Waals surface area contributed by atoms with Crippen molar-refractivity contribution in [1.29, 1.82) is 0 Å². The first-order chi connectivity index (χ1) is 15.2. The van der Waals surface area contributed by atoms with Crippen LogP contribution in [0, 0.1) is 0 Å². The van der Waals surface area contributed by atoms with E-state index in [1.165, 1.54) is 0 Å². The van der Waals surface area contributed by atoms with Gasteiger partial charge in [0.25, 0.3) is 5.91 Å². The molecule has 0 unspecified atom stereocenters. The van der Waals surface area contributed by atoms with E-state index >= 15 is 0 Å². The Balaban J connectivity index is 1.62. The highest BCUT2D eigenvalue weighted by molar-refractivity contribution is 6.18. The van der Waals surface area contributed by atoms with Crippen molar-refractivity contribution in [1.82, 2.24) is 9.88 Å². The minimum absolute atomic E-state index is 0.131. The molecule has 154 valence electrons. The maximum atomic E-state index is 13.5. The van der Waals surface area contributed by atoms with Crippen LogP contribution in [0.5, 0.6) is 0 Å². The monoisotopic (exact) mass is 410 g/mol. The molecule has 0 bridgehead atoms. The van der Waals surface area contributed by atoms with Gasteiger partial charge in [-0.25, -0.2) is 4.79 Å². The van der Waals surface area contributed by atoms with Crippen LogP contribution in [-0.2, 0) is 16.0 Å². The molecule has 1 N–H and O–H groups in total. The minimum Gasteiger partial charge on any atom is -0.462 e. The number of nitrogens with zero attached hydrogens (tertiary/aromatic N) is 1. The van der Waals surface area contributed by atoms with Gasteiger partial charge < -0.3 is 14.6 Å². The number of fused-ring (bicyclic) bond motifs is 4. The lowest BCUT2D eigenvalue weighted by Gasteiger charge is -2.19. The maximum Gasteiger partial charge on any atom is 0.341 e. The highest BCUT2D eigenvalue weighted by Crippen LogP contribution is 2.32. The predicted octanol–water partition coefficient (Wildman–Crippen LogP) is 4.92. The molecule has 1 aliphatic rings. The van der Waals surface area contributed by atoms with Crippen LogP contribution in [0.15, 0.2) is 72.9 Å². The summed E-state index contributed by atoms with van der Waals surface area (Å²) in [6.45, 7) is 2.52. The number of para-hydroxylation sites is 1. The number of carbonyl (C=O) groups excluding carboxylic acids is 2. The second kappa shape index (κ2) is 7.76. The first-order valence-electron chi connectivity index (χ1n) is 10.4. The van der Waals surface area contributed by atoms with Gasteiger partial charge in [0.15, 0.2) is 0 Å². The van der Waals surface area contributed by atoms with Crippen LogP contribution in [0.2, 0.25) is 0 Å². The standard InChI is InChI=1S/C26H22N2O3/c1-2-31-26(30)22-16-28(15-14-20-19-11-5-6-13-23(19)27-24(20)22)25(29)21-12-7-9-17-8-3-4-10-18(17)21/h3-13,16,27H,2,14-15H2,1H3. The van der Waals surface area contributed by atoms with Crippen LogP contribution >= 0.6 is 0 Å². The zero-order valence-corrected chi connectivity index (χ0v) is 17.2. The van der Waals surface area contributed by atoms with Crippen molar-refractivity contribution >= 4 is 39.1 Å². The Morgan fingerprint density at radius 1 is 0.968 bits per heavy atom. The van der Waals surface area contributed by atoms with Gasteiger partial charge >= 0.3 is 5.97 Å². The van der Waals surface area contributed by atoms with E-state index in [0.29, 0.717) is 24.1 Å². The Morgan fingerprint density at radius 2 is 1.71 bits per heavy atom. The van der Waals surface area contributed by atoms with Crippen molar-refractivity contribution in [3.05, 3.63) is 89.8 Å². The summed E-state index contributed by atoms with van der Waals surface area (Å²) in [5.41, 5.74) is 3.72. The Kier molecular flexibility index (Phi) is 4.79. The van der Waals surface area contributed by atoms with E-state index in [0.717, 1.165) is 32.9 Å². The average molecular weight is 410 g/mol. The van der Waals surface area contributed by atoms with E-state index in [-0.39, 0.29) is 12.5 Å². The van der Waals surface area contributed by atoms with Gasteiger partial charge in [0.2, 0.25) is 0 Å². The molecule has 0 saturated heterocycles. The van der Waals surface area contributed by atoms with Crippen LogP contribution in [-0.4, -0.2) is 34.9 Å². The first-order valence-corrected chi connectivity index (χ1v) is 10.4. The van der Waals surface area contributed by atoms with Crippen molar-refractivity contribution in [3.8, 4) is 0 Å². The van der Waals surface area contributed by atoms with Gasteiger partial charge in [0.05, 0.1) is 17.9 Å². The Labute approximate surface area is 179 Å². The molecule has 1 aromatic heterocycles. The molecule has 1 aliphatic heterocycles. The lowest BCUT2D eigenvalue weighted by Crippen LogP contribution is -2.28. The molecule has 0 spiro atoms. The van der Waals surface area contributed by atoms with E-state index in [4.69, 9.17) is 4.74 Å². The quantitative estimate of drug-likeness (QED) is 0.488. The van der Waals surface area contributed by atoms with E-state index in [1.54, 1.807) is 18.0 Å². The molecular weight excluding hydrogens is 388 g/mol. The van der Waals surface area contributed by atoms with Crippen LogP contribution < -0.4 is 0 Å². The molecule has 5 heteroatoms. The fourth-order valence-electron chi connectivity index (χ4n) is 4.30. The molecule has 0 aliphatic carbocycles. The summed E-state index contributed by atoms with van der Waals surface area (Å²) in [7, 11) is 0. The smallest absolute Gasteiger partial charge is 0.341 e. The number of esters is 1. The molecular formula is C26H22N2O3. The molecule has 31 heavy (non-hydrogen) atoms. The number of hydrogen-bond acceptors (Lipinski definition) is 3. The van der Waals surface area contributed by atoms with E-state index in [2.05, 4.69) is 4.98 Å². The highest BCUT2D eigenvalue weighted by Gasteiger charge is 2.28. The summed E-state index contributed by atoms with van der Waals surface area (Å²) >= 11 is 0. The number of amides is 1. The van der Waals surface area contributed by atoms with Gasteiger partial charge in [-0.3, -0.25) is 4.79 Å². The molecule has 0 atom stereocenters. The van der Waals surface area contributed by atoms with Crippen molar-refractivity contribution < 1.29 is 14.3 Å². The summed E-state index contributed by atoms with van der Waals surface area (Å²) in [6.07, 6.45) is 2.28. The number of aromatic amines is 1. The number of nitrogens with one attached hydrogen (secondary N) is 1. The van der Waals surface area contributed by atoms with Gasteiger partial charge in [-0.05, 0) is 41.8 Å². The molecule has 3 aromatic carbocycles. The number of rotatable bonds is 3. The minimum atomic E-state index is -0.437. The molecule has 0 radical (unpaired) electrons. The zero-order valence-electron chi connectivity index (χ0n) is 17.2. The Bertz CT molecular complexity index is 1340. The Hall–Kier alpha value is -3.86. The second-order valence-corrected chi connectivity index (χ2v) is 7.56. The normalized spacial score (nSPS) is 13.6. The number of H-pyrrole nitrogens is 1. The number of aromatic nitrogens is 1. The molecule has 5 nitrogen and oxygen atoms in total. The van der Waals surface area contributed by atoms with Crippen LogP contribution in [0.1, 0.15) is 28.5 Å². The van der Waals surface area contributed by atoms with Gasteiger partial charge in [0, 0.05) is 29.2 Å². The van der Waals surface area contributed by atoms with Gasteiger partial charge in [0.1, 0.15) is 0 Å². The van der Waals surface area contributed by atoms with Crippen LogP contribution in [0.3, 0.4) is 0 Å². The largest absolute Gasteiger partial charge is 0.462 e. The third-order valence-electron chi connectivity index (χ3n) is 5.75. The van der Waals surface area contributed by atoms with E-state index in [9.17, 15) is 9.59 Å². The lowest BCUT2D eigenvalue weighted by atomic mass is 10.0. The topological polar surface area (TPSA) is 62.4 Å². The zero-order chi connectivity index (χ0) is 21.4. The fraction of sp³-hybridized carbons (Fsp3) is 0.154. The summed E-state index contributed by atoms with van der Waals surface area (Å²) in [4.78, 5) is 31.4. The van der Waals surface area contributed by atoms with Crippen LogP contribution in [0.4, 0.5) is 0 Å². The summed E-state index contributed by atoms with van der Waals surface area (Å²) in [6, 6.07) is 21.5. The number of ether oxygens (including phenoxy) is 1. The first kappa shape index (κ1) is 19.1. The molecule has 2 heterocycles. The molecule has 0 fully saturated rings. The van der Waals surface area contributed by atoms with Gasteiger partial charge in [-0.15, -0.1) is 0 Å². The number of carbonyl (C=O) groups is 2. The van der Waals surface area contributed by atoms with Crippen molar-refractivity contribution in [2.45, 2.75) is 13.3 Å². The third kappa shape index (κ3) is 3.28. The highest BCUT2D eigenvalue weighted by atomic mass is 16.5. The van der Waals surface area contributed by atoms with Gasteiger partial charge in [-0.2, -0.15) is 0 Å². The van der Waals surface area contributed by atoms with Gasteiger partial charge in [-0.1, -0.05) is 54.6 Å². The number of hydrogen-bond donors (Lipinski definition) is 1. The predicted molar refractivity (Wildman–Crippen MR) is 122 cm³/mol. The summed E-state index contributed by atoms with van der Waals surface area (Å²) in [5.74, 6) is -0.569. The van der Waals surface area contributed by atoms with Crippen LogP contribution in [0.25, 0.3) is 27.2 Å². The van der Waals surface area contributed by atoms with Crippen molar-refractivity contribution in [2.24, 2.45) is 0 Å². The SMILES string of the molecule is CCOC(=O)C1=CN(C(=O)c2cccc3ccccc23)CCc2c1[nH]c1ccccc21. The molecule has 4 aromatic rings.